The Kier molecular flexibility index (Phi) is 13.6. The molecule has 1 aliphatic rings. The summed E-state index contributed by atoms with van der Waals surface area (Å²) in [6.45, 7) is 8.51. The fourth-order valence-electron chi connectivity index (χ4n) is 5.27. The number of aliphatic hydroxyl groups excluding tert-OH is 1. The molecule has 1 aromatic carbocycles. The molecular weight excluding hydrogens is 558 g/mol. The van der Waals surface area contributed by atoms with E-state index in [1.54, 1.807) is 51.1 Å². The molecule has 0 saturated heterocycles. The molecule has 12 heteroatoms. The van der Waals surface area contributed by atoms with Crippen molar-refractivity contribution < 1.29 is 27.9 Å². The lowest BCUT2D eigenvalue weighted by molar-refractivity contribution is -0.142. The van der Waals surface area contributed by atoms with Gasteiger partial charge in [-0.2, -0.15) is 17.4 Å². The summed E-state index contributed by atoms with van der Waals surface area (Å²) in [7, 11) is -4.74. The third-order valence-corrected chi connectivity index (χ3v) is 9.00. The number of rotatable bonds is 14. The van der Waals surface area contributed by atoms with E-state index in [9.17, 15) is 27.9 Å². The number of amides is 3. The molecule has 0 unspecified atom stereocenters. The normalized spacial score (nSPS) is 17.7. The van der Waals surface area contributed by atoms with Crippen molar-refractivity contribution in [3.8, 4) is 0 Å². The number of imide groups is 1. The van der Waals surface area contributed by atoms with Crippen molar-refractivity contribution in [2.75, 3.05) is 0 Å². The zero-order chi connectivity index (χ0) is 31.7. The van der Waals surface area contributed by atoms with Gasteiger partial charge in [-0.05, 0) is 51.0 Å². The predicted octanol–water partition coefficient (Wildman–Crippen LogP) is 2.12. The van der Waals surface area contributed by atoms with Gasteiger partial charge in [-0.15, -0.1) is 0 Å². The maximum atomic E-state index is 14.0. The van der Waals surface area contributed by atoms with Crippen molar-refractivity contribution in [1.82, 2.24) is 14.3 Å². The fraction of sp³-hybridized carbons (Fsp3) is 0.700. The van der Waals surface area contributed by atoms with Gasteiger partial charge in [0.05, 0.1) is 18.6 Å². The minimum atomic E-state index is -4.74. The number of hydrogen-bond acceptors (Lipinski definition) is 8. The molecule has 0 bridgehead atoms. The lowest BCUT2D eigenvalue weighted by Crippen LogP contribution is -2.60. The second-order valence-electron chi connectivity index (χ2n) is 13.0. The predicted molar refractivity (Wildman–Crippen MR) is 163 cm³/mol. The first-order valence-electron chi connectivity index (χ1n) is 14.9. The van der Waals surface area contributed by atoms with Gasteiger partial charge in [0.1, 0.15) is 6.04 Å². The SMILES string of the molecule is CC(C)C[C@H](N)C(=O)N[C@@H](Cc1ccccc1)C(=O)N(C(=O)C[C@H](O)[C@@H](N)CC1CCCCC1)S(=O)(=O)NC(C)(C)C. The first-order chi connectivity index (χ1) is 19.5. The summed E-state index contributed by atoms with van der Waals surface area (Å²) in [5.74, 6) is -2.51. The molecule has 1 aromatic rings. The van der Waals surface area contributed by atoms with Gasteiger partial charge in [-0.1, -0.05) is 76.3 Å². The molecule has 0 heterocycles. The summed E-state index contributed by atoms with van der Waals surface area (Å²) in [6, 6.07) is 5.59. The van der Waals surface area contributed by atoms with Gasteiger partial charge in [-0.25, -0.2) is 0 Å². The van der Waals surface area contributed by atoms with Crippen molar-refractivity contribution in [1.29, 1.82) is 0 Å². The zero-order valence-electron chi connectivity index (χ0n) is 25.7. The summed E-state index contributed by atoms with van der Waals surface area (Å²) in [6.07, 6.45) is 4.02. The van der Waals surface area contributed by atoms with Crippen LogP contribution in [0.4, 0.5) is 0 Å². The van der Waals surface area contributed by atoms with E-state index in [-0.39, 0.29) is 16.6 Å². The second-order valence-corrected chi connectivity index (χ2v) is 14.5. The van der Waals surface area contributed by atoms with Crippen LogP contribution >= 0.6 is 0 Å². The highest BCUT2D eigenvalue weighted by Gasteiger charge is 2.41. The molecular formula is C30H51N5O6S. The Labute approximate surface area is 251 Å². The summed E-state index contributed by atoms with van der Waals surface area (Å²) in [5.41, 5.74) is 11.9. The number of nitrogens with one attached hydrogen (secondary N) is 2. The zero-order valence-corrected chi connectivity index (χ0v) is 26.5. The quantitative estimate of drug-likeness (QED) is 0.212. The van der Waals surface area contributed by atoms with E-state index in [0.717, 1.165) is 32.1 Å². The Bertz CT molecular complexity index is 1130. The molecule has 238 valence electrons. The van der Waals surface area contributed by atoms with E-state index in [1.807, 2.05) is 13.8 Å². The van der Waals surface area contributed by atoms with E-state index in [0.29, 0.717) is 24.3 Å². The molecule has 1 fully saturated rings. The van der Waals surface area contributed by atoms with Crippen LogP contribution in [0.1, 0.15) is 91.5 Å². The molecule has 2 rings (SSSR count). The third-order valence-electron chi connectivity index (χ3n) is 7.27. The molecule has 1 saturated carbocycles. The van der Waals surface area contributed by atoms with Gasteiger partial charge in [0.2, 0.25) is 11.8 Å². The van der Waals surface area contributed by atoms with Crippen molar-refractivity contribution in [3.63, 3.8) is 0 Å². The first-order valence-corrected chi connectivity index (χ1v) is 16.4. The van der Waals surface area contributed by atoms with Crippen LogP contribution in [-0.4, -0.2) is 65.3 Å². The number of carbonyl (C=O) groups excluding carboxylic acids is 3. The third kappa shape index (κ3) is 11.7. The molecule has 3 amide bonds. The monoisotopic (exact) mass is 609 g/mol. The summed E-state index contributed by atoms with van der Waals surface area (Å²) in [5, 5.41) is 13.4. The van der Waals surface area contributed by atoms with E-state index >= 15 is 0 Å². The van der Waals surface area contributed by atoms with Crippen LogP contribution < -0.4 is 21.5 Å². The Morgan fingerprint density at radius 2 is 1.64 bits per heavy atom. The van der Waals surface area contributed by atoms with E-state index in [1.165, 1.54) is 0 Å². The highest BCUT2D eigenvalue weighted by molar-refractivity contribution is 7.88. The standard InChI is InChI=1S/C30H51N5O6S/c1-20(2)16-24(32)28(38)33-25(18-22-14-10-7-11-15-22)29(39)35(42(40,41)34-30(3,4)5)27(37)19-26(36)23(31)17-21-12-8-6-9-13-21/h7,10-11,14-15,20-21,23-26,34,36H,6,8-9,12-13,16-19,31-32H2,1-5H3,(H,33,38)/t23-,24-,25-,26-/m0/s1. The number of carbonyl (C=O) groups is 3. The first kappa shape index (κ1) is 35.8. The van der Waals surface area contributed by atoms with Gasteiger partial charge in [0, 0.05) is 18.0 Å². The average molecular weight is 610 g/mol. The van der Waals surface area contributed by atoms with Crippen LogP contribution in [0.15, 0.2) is 30.3 Å². The molecule has 0 aliphatic heterocycles. The largest absolute Gasteiger partial charge is 0.391 e. The maximum Gasteiger partial charge on any atom is 0.311 e. The van der Waals surface area contributed by atoms with Crippen LogP contribution in [0, 0.1) is 11.8 Å². The lowest BCUT2D eigenvalue weighted by atomic mass is 9.83. The van der Waals surface area contributed by atoms with Gasteiger partial charge in [0.25, 0.3) is 5.91 Å². The topological polar surface area (TPSA) is 185 Å². The molecule has 0 aromatic heterocycles. The smallest absolute Gasteiger partial charge is 0.311 e. The van der Waals surface area contributed by atoms with Crippen molar-refractivity contribution in [2.45, 2.75) is 122 Å². The Morgan fingerprint density at radius 1 is 1.05 bits per heavy atom. The van der Waals surface area contributed by atoms with Gasteiger partial charge in [0.15, 0.2) is 0 Å². The van der Waals surface area contributed by atoms with Gasteiger partial charge in [-0.3, -0.25) is 14.4 Å². The van der Waals surface area contributed by atoms with Crippen molar-refractivity contribution in [3.05, 3.63) is 35.9 Å². The van der Waals surface area contributed by atoms with Crippen LogP contribution in [0.25, 0.3) is 0 Å². The summed E-state index contributed by atoms with van der Waals surface area (Å²) in [4.78, 5) is 40.6. The molecule has 0 radical (unpaired) electrons. The number of hydrogen-bond donors (Lipinski definition) is 5. The van der Waals surface area contributed by atoms with Crippen LogP contribution in [-0.2, 0) is 31.0 Å². The maximum absolute atomic E-state index is 14.0. The molecule has 0 spiro atoms. The highest BCUT2D eigenvalue weighted by Crippen LogP contribution is 2.28. The molecule has 42 heavy (non-hydrogen) atoms. The minimum Gasteiger partial charge on any atom is -0.391 e. The number of benzene rings is 1. The van der Waals surface area contributed by atoms with Crippen molar-refractivity contribution in [2.24, 2.45) is 23.3 Å². The fourth-order valence-corrected chi connectivity index (χ4v) is 6.84. The van der Waals surface area contributed by atoms with Crippen molar-refractivity contribution >= 4 is 27.9 Å². The van der Waals surface area contributed by atoms with E-state index in [2.05, 4.69) is 10.0 Å². The lowest BCUT2D eigenvalue weighted by Gasteiger charge is -2.31. The van der Waals surface area contributed by atoms with Crippen LogP contribution in [0.3, 0.4) is 0 Å². The van der Waals surface area contributed by atoms with E-state index < -0.39 is 64.1 Å². The van der Waals surface area contributed by atoms with E-state index in [4.69, 9.17) is 11.5 Å². The van der Waals surface area contributed by atoms with Crippen LogP contribution in [0.5, 0.6) is 0 Å². The van der Waals surface area contributed by atoms with Crippen LogP contribution in [0.2, 0.25) is 0 Å². The Morgan fingerprint density at radius 3 is 2.19 bits per heavy atom. The van der Waals surface area contributed by atoms with Gasteiger partial charge < -0.3 is 21.9 Å². The van der Waals surface area contributed by atoms with Gasteiger partial charge >= 0.3 is 10.2 Å². The summed E-state index contributed by atoms with van der Waals surface area (Å²) < 4.78 is 29.6. The number of nitrogens with two attached hydrogens (primary N) is 2. The molecule has 1 aliphatic carbocycles. The molecule has 11 nitrogen and oxygen atoms in total. The Hall–Kier alpha value is -2.38. The number of nitrogens with zero attached hydrogens (tertiary/aromatic N) is 1. The number of aliphatic hydroxyl groups is 1. The molecule has 7 N–H and O–H groups in total. The Balaban J connectivity index is 2.39. The highest BCUT2D eigenvalue weighted by atomic mass is 32.2. The molecule has 4 atom stereocenters. The second kappa shape index (κ2) is 15.9. The summed E-state index contributed by atoms with van der Waals surface area (Å²) >= 11 is 0. The average Bonchev–Trinajstić information content (AvgIpc) is 2.87. The minimum absolute atomic E-state index is 0.0849.